The molecular weight excluding hydrogens is 382 g/mol. The van der Waals surface area contributed by atoms with Gasteiger partial charge in [0.25, 0.3) is 11.8 Å². The van der Waals surface area contributed by atoms with E-state index in [4.69, 9.17) is 27.9 Å². The summed E-state index contributed by atoms with van der Waals surface area (Å²) in [6.45, 7) is 0.885. The Morgan fingerprint density at radius 1 is 1.21 bits per heavy atom. The molecule has 8 nitrogen and oxygen atoms in total. The van der Waals surface area contributed by atoms with Crippen molar-refractivity contribution in [2.75, 3.05) is 24.2 Å². The van der Waals surface area contributed by atoms with Gasteiger partial charge in [0, 0.05) is 36.5 Å². The van der Waals surface area contributed by atoms with Crippen LogP contribution < -0.4 is 27.1 Å². The minimum absolute atomic E-state index is 0.124. The highest BCUT2D eigenvalue weighted by molar-refractivity contribution is 6.31. The van der Waals surface area contributed by atoms with Crippen LogP contribution in [-0.4, -0.2) is 35.5 Å². The Morgan fingerprint density at radius 3 is 2.68 bits per heavy atom. The van der Waals surface area contributed by atoms with Crippen molar-refractivity contribution < 1.29 is 14.3 Å². The van der Waals surface area contributed by atoms with Gasteiger partial charge in [0.15, 0.2) is 5.72 Å². The topological polar surface area (TPSA) is 123 Å². The van der Waals surface area contributed by atoms with E-state index in [1.807, 2.05) is 0 Å². The van der Waals surface area contributed by atoms with Crippen LogP contribution in [0.25, 0.3) is 0 Å². The lowest BCUT2D eigenvalue weighted by molar-refractivity contribution is -0.0245. The molecular formula is C19H20ClN5O3. The van der Waals surface area contributed by atoms with Crippen molar-refractivity contribution in [2.45, 2.75) is 18.6 Å². The van der Waals surface area contributed by atoms with Crippen molar-refractivity contribution in [2.24, 2.45) is 5.84 Å². The highest BCUT2D eigenvalue weighted by Crippen LogP contribution is 2.35. The molecule has 146 valence electrons. The third-order valence-electron chi connectivity index (χ3n) is 5.15. The minimum Gasteiger partial charge on any atom is -0.467 e. The Kier molecular flexibility index (Phi) is 4.52. The number of hydrogen-bond donors (Lipinski definition) is 4. The molecule has 0 aliphatic carbocycles. The van der Waals surface area contributed by atoms with Crippen LogP contribution in [0.1, 0.15) is 33.6 Å². The van der Waals surface area contributed by atoms with Crippen LogP contribution in [0.3, 0.4) is 0 Å². The van der Waals surface area contributed by atoms with E-state index in [1.54, 1.807) is 41.3 Å². The summed E-state index contributed by atoms with van der Waals surface area (Å²) in [5.74, 6) is 5.59. The molecule has 1 saturated heterocycles. The van der Waals surface area contributed by atoms with E-state index in [0.29, 0.717) is 59.2 Å². The fraction of sp³-hybridized carbons (Fsp3) is 0.263. The smallest absolute Gasteiger partial charge is 0.258 e. The molecule has 0 bridgehead atoms. The fourth-order valence-electron chi connectivity index (χ4n) is 3.57. The zero-order valence-corrected chi connectivity index (χ0v) is 15.8. The molecule has 2 aromatic carbocycles. The van der Waals surface area contributed by atoms with Gasteiger partial charge in [-0.1, -0.05) is 11.6 Å². The van der Waals surface area contributed by atoms with Crippen LogP contribution in [0, 0.1) is 0 Å². The van der Waals surface area contributed by atoms with Crippen LogP contribution in [0.4, 0.5) is 11.4 Å². The van der Waals surface area contributed by atoms with Gasteiger partial charge < -0.3 is 26.1 Å². The van der Waals surface area contributed by atoms with Crippen LogP contribution in [0.5, 0.6) is 5.75 Å². The second-order valence-electron chi connectivity index (χ2n) is 6.93. The first-order valence-electron chi connectivity index (χ1n) is 8.87. The lowest BCUT2D eigenvalue weighted by Gasteiger charge is -2.44. The zero-order valence-electron chi connectivity index (χ0n) is 15.0. The monoisotopic (exact) mass is 401 g/mol. The number of anilines is 2. The Labute approximate surface area is 166 Å². The van der Waals surface area contributed by atoms with Gasteiger partial charge in [0.05, 0.1) is 16.9 Å². The average Bonchev–Trinajstić information content (AvgIpc) is 2.69. The summed E-state index contributed by atoms with van der Waals surface area (Å²) >= 11 is 5.96. The van der Waals surface area contributed by atoms with Crippen molar-refractivity contribution in [3.8, 4) is 5.75 Å². The molecule has 0 unspecified atom stereocenters. The van der Waals surface area contributed by atoms with E-state index < -0.39 is 5.72 Å². The van der Waals surface area contributed by atoms with E-state index in [0.717, 1.165) is 0 Å². The summed E-state index contributed by atoms with van der Waals surface area (Å²) in [6, 6.07) is 9.91. The molecule has 9 heteroatoms. The molecule has 2 amide bonds. The molecule has 0 atom stereocenters. The maximum atomic E-state index is 12.8. The normalized spacial score (nSPS) is 17.5. The highest BCUT2D eigenvalue weighted by atomic mass is 35.5. The first-order valence-corrected chi connectivity index (χ1v) is 9.25. The maximum Gasteiger partial charge on any atom is 0.258 e. The molecule has 6 N–H and O–H groups in total. The summed E-state index contributed by atoms with van der Waals surface area (Å²) in [5, 5.41) is 3.41. The summed E-state index contributed by atoms with van der Waals surface area (Å²) in [4.78, 5) is 27.0. The predicted octanol–water partition coefficient (Wildman–Crippen LogP) is 1.96. The van der Waals surface area contributed by atoms with Gasteiger partial charge in [0.1, 0.15) is 5.75 Å². The first-order chi connectivity index (χ1) is 13.4. The highest BCUT2D eigenvalue weighted by Gasteiger charge is 2.43. The number of hydrazine groups is 1. The van der Waals surface area contributed by atoms with Gasteiger partial charge in [-0.05, 0) is 36.4 Å². The minimum atomic E-state index is -0.820. The largest absolute Gasteiger partial charge is 0.467 e. The fourth-order valence-corrected chi connectivity index (χ4v) is 3.75. The Balaban J connectivity index is 1.48. The summed E-state index contributed by atoms with van der Waals surface area (Å²) in [6.07, 6.45) is 0.951. The molecule has 1 fully saturated rings. The number of likely N-dealkylation sites (tertiary alicyclic amines) is 1. The number of carbonyl (C=O) groups excluding carboxylic acids is 2. The summed E-state index contributed by atoms with van der Waals surface area (Å²) in [5.41, 5.74) is 9.34. The molecule has 2 aliphatic heterocycles. The van der Waals surface area contributed by atoms with Crippen molar-refractivity contribution in [3.05, 3.63) is 52.5 Å². The number of hydrogen-bond acceptors (Lipinski definition) is 6. The molecule has 0 radical (unpaired) electrons. The first kappa shape index (κ1) is 18.4. The number of rotatable bonds is 2. The number of carbonyl (C=O) groups is 2. The molecule has 2 heterocycles. The molecule has 0 aromatic heterocycles. The Bertz CT molecular complexity index is 957. The van der Waals surface area contributed by atoms with Crippen molar-refractivity contribution in [1.29, 1.82) is 0 Å². The van der Waals surface area contributed by atoms with Gasteiger partial charge >= 0.3 is 0 Å². The van der Waals surface area contributed by atoms with E-state index >= 15 is 0 Å². The summed E-state index contributed by atoms with van der Waals surface area (Å²) in [7, 11) is 0. The van der Waals surface area contributed by atoms with Gasteiger partial charge in [0.2, 0.25) is 0 Å². The third-order valence-corrected chi connectivity index (χ3v) is 5.38. The van der Waals surface area contributed by atoms with Crippen molar-refractivity contribution in [3.63, 3.8) is 0 Å². The van der Waals surface area contributed by atoms with Crippen molar-refractivity contribution in [1.82, 2.24) is 10.2 Å². The standard InChI is InChI=1S/C19H20ClN5O3/c20-12-2-4-16-13(10-12)17(26)23-19(28-16)5-7-25(8-6-19)18(27)11-1-3-14(21)15(9-11)24-22/h1-4,9-10,24H,5-8,21-22H2,(H,23,26). The van der Waals surface area contributed by atoms with Crippen LogP contribution in [0.2, 0.25) is 5.02 Å². The van der Waals surface area contributed by atoms with Crippen LogP contribution >= 0.6 is 11.6 Å². The maximum absolute atomic E-state index is 12.8. The van der Waals surface area contributed by atoms with Crippen LogP contribution in [-0.2, 0) is 0 Å². The Morgan fingerprint density at radius 2 is 1.96 bits per heavy atom. The number of ether oxygens (including phenoxy) is 1. The number of nitrogens with zero attached hydrogens (tertiary/aromatic N) is 1. The number of benzene rings is 2. The number of halogens is 1. The number of piperidine rings is 1. The number of nitrogens with one attached hydrogen (secondary N) is 2. The van der Waals surface area contributed by atoms with Gasteiger partial charge in [-0.2, -0.15) is 0 Å². The average molecular weight is 402 g/mol. The lowest BCUT2D eigenvalue weighted by Crippen LogP contribution is -2.61. The lowest BCUT2D eigenvalue weighted by atomic mass is 9.96. The zero-order chi connectivity index (χ0) is 19.9. The molecule has 1 spiro atoms. The van der Waals surface area contributed by atoms with E-state index in [1.165, 1.54) is 0 Å². The van der Waals surface area contributed by atoms with E-state index in [2.05, 4.69) is 10.7 Å². The van der Waals surface area contributed by atoms with E-state index in [9.17, 15) is 9.59 Å². The number of amides is 2. The molecule has 2 aliphatic rings. The third kappa shape index (κ3) is 3.21. The van der Waals surface area contributed by atoms with Gasteiger partial charge in [-0.25, -0.2) is 0 Å². The molecule has 2 aromatic rings. The molecule has 4 rings (SSSR count). The van der Waals surface area contributed by atoms with Crippen LogP contribution in [0.15, 0.2) is 36.4 Å². The second-order valence-corrected chi connectivity index (χ2v) is 7.37. The SMILES string of the molecule is NNc1cc(C(=O)N2CCC3(CC2)NC(=O)c2cc(Cl)ccc2O3)ccc1N. The Hall–Kier alpha value is -2.97. The van der Waals surface area contributed by atoms with Gasteiger partial charge in [-0.3, -0.25) is 15.4 Å². The predicted molar refractivity (Wildman–Crippen MR) is 106 cm³/mol. The van der Waals surface area contributed by atoms with E-state index in [-0.39, 0.29) is 11.8 Å². The number of nitrogen functional groups attached to an aromatic ring is 2. The molecule has 0 saturated carbocycles. The summed E-state index contributed by atoms with van der Waals surface area (Å²) < 4.78 is 6.10. The number of fused-ring (bicyclic) bond motifs is 1. The second kappa shape index (κ2) is 6.88. The van der Waals surface area contributed by atoms with Gasteiger partial charge in [-0.15, -0.1) is 0 Å². The quantitative estimate of drug-likeness (QED) is 0.346. The molecule has 28 heavy (non-hydrogen) atoms. The van der Waals surface area contributed by atoms with Crippen molar-refractivity contribution >= 4 is 34.8 Å². The number of nitrogens with two attached hydrogens (primary N) is 2.